The van der Waals surface area contributed by atoms with Crippen molar-refractivity contribution in [1.82, 2.24) is 15.1 Å². The lowest BCUT2D eigenvalue weighted by atomic mass is 10.2. The number of hydrogen-bond acceptors (Lipinski definition) is 3. The Hall–Kier alpha value is -0.870. The standard InChI is InChI=1S/C9H17N3O/c1-5-9(13)12-7-6-8(2)10(3)11(12)4/h5,8H,1,6-7H2,2-4H3. The Morgan fingerprint density at radius 1 is 1.54 bits per heavy atom. The molecular formula is C9H17N3O. The van der Waals surface area contributed by atoms with E-state index < -0.39 is 0 Å². The SMILES string of the molecule is C=CC(=O)N1CCC(C)N(C)N1C. The maximum atomic E-state index is 11.4. The van der Waals surface area contributed by atoms with Crippen LogP contribution in [0, 0.1) is 0 Å². The van der Waals surface area contributed by atoms with Gasteiger partial charge in [0, 0.05) is 26.7 Å². The van der Waals surface area contributed by atoms with Crippen molar-refractivity contribution in [2.45, 2.75) is 19.4 Å². The van der Waals surface area contributed by atoms with Gasteiger partial charge in [-0.3, -0.25) is 9.80 Å². The molecule has 1 aliphatic rings. The van der Waals surface area contributed by atoms with Gasteiger partial charge in [0.15, 0.2) is 0 Å². The van der Waals surface area contributed by atoms with Gasteiger partial charge < -0.3 is 0 Å². The number of amides is 1. The van der Waals surface area contributed by atoms with Crippen LogP contribution < -0.4 is 0 Å². The Bertz CT molecular complexity index is 217. The predicted octanol–water partition coefficient (Wildman–Crippen LogP) is 0.487. The molecule has 0 aromatic rings. The van der Waals surface area contributed by atoms with Gasteiger partial charge in [-0.2, -0.15) is 5.12 Å². The van der Waals surface area contributed by atoms with Gasteiger partial charge in [-0.1, -0.05) is 6.58 Å². The highest BCUT2D eigenvalue weighted by atomic mass is 16.2. The summed E-state index contributed by atoms with van der Waals surface area (Å²) in [5.74, 6) is -0.0405. The molecule has 0 saturated carbocycles. The Morgan fingerprint density at radius 3 is 2.69 bits per heavy atom. The van der Waals surface area contributed by atoms with Gasteiger partial charge >= 0.3 is 0 Å². The van der Waals surface area contributed by atoms with Crippen LogP contribution in [0.1, 0.15) is 13.3 Å². The average molecular weight is 183 g/mol. The van der Waals surface area contributed by atoms with Crippen LogP contribution in [0.4, 0.5) is 0 Å². The Balaban J connectivity index is 2.69. The summed E-state index contributed by atoms with van der Waals surface area (Å²) in [6, 6.07) is 0.485. The molecule has 0 N–H and O–H groups in total. The van der Waals surface area contributed by atoms with Gasteiger partial charge in [-0.25, -0.2) is 5.01 Å². The summed E-state index contributed by atoms with van der Waals surface area (Å²) in [6.45, 7) is 6.39. The second-order valence-electron chi connectivity index (χ2n) is 3.37. The van der Waals surface area contributed by atoms with Gasteiger partial charge in [0.1, 0.15) is 0 Å². The lowest BCUT2D eigenvalue weighted by molar-refractivity contribution is -0.202. The number of carbonyl (C=O) groups excluding carboxylic acids is 1. The minimum Gasteiger partial charge on any atom is -0.268 e. The third-order valence-electron chi connectivity index (χ3n) is 2.63. The molecule has 1 heterocycles. The highest BCUT2D eigenvalue weighted by Crippen LogP contribution is 2.14. The van der Waals surface area contributed by atoms with Crippen molar-refractivity contribution in [1.29, 1.82) is 0 Å². The summed E-state index contributed by atoms with van der Waals surface area (Å²) in [4.78, 5) is 11.4. The first-order valence-corrected chi connectivity index (χ1v) is 4.48. The van der Waals surface area contributed by atoms with Crippen molar-refractivity contribution in [2.75, 3.05) is 20.6 Å². The van der Waals surface area contributed by atoms with Crippen LogP contribution in [0.25, 0.3) is 0 Å². The van der Waals surface area contributed by atoms with E-state index in [1.54, 1.807) is 5.01 Å². The summed E-state index contributed by atoms with van der Waals surface area (Å²) in [5.41, 5.74) is 0. The lowest BCUT2D eigenvalue weighted by Gasteiger charge is -2.45. The van der Waals surface area contributed by atoms with E-state index in [0.717, 1.165) is 13.0 Å². The van der Waals surface area contributed by atoms with E-state index >= 15 is 0 Å². The second kappa shape index (κ2) is 3.89. The molecule has 1 fully saturated rings. The van der Waals surface area contributed by atoms with E-state index in [-0.39, 0.29) is 5.91 Å². The molecule has 0 aromatic heterocycles. The zero-order valence-corrected chi connectivity index (χ0v) is 8.53. The Morgan fingerprint density at radius 2 is 2.15 bits per heavy atom. The number of nitrogens with zero attached hydrogens (tertiary/aromatic N) is 3. The Kier molecular flexibility index (Phi) is 3.06. The molecule has 1 rings (SSSR count). The topological polar surface area (TPSA) is 26.8 Å². The highest BCUT2D eigenvalue weighted by Gasteiger charge is 2.27. The smallest absolute Gasteiger partial charge is 0.261 e. The summed E-state index contributed by atoms with van der Waals surface area (Å²) in [6.07, 6.45) is 2.35. The second-order valence-corrected chi connectivity index (χ2v) is 3.37. The van der Waals surface area contributed by atoms with Gasteiger partial charge in [0.2, 0.25) is 0 Å². The van der Waals surface area contributed by atoms with Crippen LogP contribution in [0.15, 0.2) is 12.7 Å². The van der Waals surface area contributed by atoms with Crippen LogP contribution in [-0.4, -0.2) is 47.7 Å². The fourth-order valence-electron chi connectivity index (χ4n) is 1.45. The van der Waals surface area contributed by atoms with Crippen molar-refractivity contribution >= 4 is 5.91 Å². The molecule has 1 aliphatic heterocycles. The quantitative estimate of drug-likeness (QED) is 0.553. The lowest BCUT2D eigenvalue weighted by Crippen LogP contribution is -2.59. The number of rotatable bonds is 1. The van der Waals surface area contributed by atoms with Crippen molar-refractivity contribution in [2.24, 2.45) is 0 Å². The number of hydrazine groups is 2. The van der Waals surface area contributed by atoms with Gasteiger partial charge in [-0.05, 0) is 19.4 Å². The molecule has 0 aromatic carbocycles. The van der Waals surface area contributed by atoms with Crippen molar-refractivity contribution < 1.29 is 4.79 Å². The average Bonchev–Trinajstić information content (AvgIpc) is 2.13. The third-order valence-corrected chi connectivity index (χ3v) is 2.63. The van der Waals surface area contributed by atoms with Crippen LogP contribution in [0.5, 0.6) is 0 Å². The zero-order valence-electron chi connectivity index (χ0n) is 8.53. The fourth-order valence-corrected chi connectivity index (χ4v) is 1.45. The van der Waals surface area contributed by atoms with E-state index in [2.05, 4.69) is 13.5 Å². The zero-order chi connectivity index (χ0) is 10.0. The minimum atomic E-state index is -0.0405. The van der Waals surface area contributed by atoms with Crippen LogP contribution in [0.2, 0.25) is 0 Å². The minimum absolute atomic E-state index is 0.0405. The molecule has 1 saturated heterocycles. The fraction of sp³-hybridized carbons (Fsp3) is 0.667. The molecule has 0 bridgehead atoms. The molecule has 0 spiro atoms. The molecular weight excluding hydrogens is 166 g/mol. The van der Waals surface area contributed by atoms with Gasteiger partial charge in [0.05, 0.1) is 0 Å². The first-order valence-electron chi connectivity index (χ1n) is 4.48. The normalized spacial score (nSPS) is 26.1. The van der Waals surface area contributed by atoms with Crippen molar-refractivity contribution in [3.8, 4) is 0 Å². The molecule has 13 heavy (non-hydrogen) atoms. The molecule has 4 heteroatoms. The van der Waals surface area contributed by atoms with Crippen molar-refractivity contribution in [3.63, 3.8) is 0 Å². The largest absolute Gasteiger partial charge is 0.268 e. The van der Waals surface area contributed by atoms with Gasteiger partial charge in [0.25, 0.3) is 5.91 Å². The molecule has 1 unspecified atom stereocenters. The van der Waals surface area contributed by atoms with Crippen LogP contribution >= 0.6 is 0 Å². The van der Waals surface area contributed by atoms with E-state index in [9.17, 15) is 4.79 Å². The monoisotopic (exact) mass is 183 g/mol. The first kappa shape index (κ1) is 10.2. The maximum Gasteiger partial charge on any atom is 0.261 e. The third kappa shape index (κ3) is 1.89. The molecule has 74 valence electrons. The van der Waals surface area contributed by atoms with Crippen molar-refractivity contribution in [3.05, 3.63) is 12.7 Å². The van der Waals surface area contributed by atoms with Crippen LogP contribution in [-0.2, 0) is 4.79 Å². The van der Waals surface area contributed by atoms with E-state index in [0.29, 0.717) is 6.04 Å². The summed E-state index contributed by atoms with van der Waals surface area (Å²) >= 11 is 0. The van der Waals surface area contributed by atoms with Gasteiger partial charge in [-0.15, -0.1) is 0 Å². The molecule has 1 amide bonds. The molecule has 0 aliphatic carbocycles. The van der Waals surface area contributed by atoms with E-state index in [4.69, 9.17) is 0 Å². The van der Waals surface area contributed by atoms with E-state index in [1.807, 2.05) is 24.2 Å². The maximum absolute atomic E-state index is 11.4. The molecule has 0 radical (unpaired) electrons. The molecule has 1 atom stereocenters. The summed E-state index contributed by atoms with van der Waals surface area (Å²) in [7, 11) is 3.87. The number of hydrogen-bond donors (Lipinski definition) is 0. The summed E-state index contributed by atoms with van der Waals surface area (Å²) < 4.78 is 0. The van der Waals surface area contributed by atoms with Crippen LogP contribution in [0.3, 0.4) is 0 Å². The summed E-state index contributed by atoms with van der Waals surface area (Å²) in [5, 5.41) is 5.58. The highest BCUT2D eigenvalue weighted by molar-refractivity contribution is 5.86. The predicted molar refractivity (Wildman–Crippen MR) is 51.5 cm³/mol. The van der Waals surface area contributed by atoms with E-state index in [1.165, 1.54) is 6.08 Å². The Labute approximate surface area is 79.3 Å². The molecule has 4 nitrogen and oxygen atoms in total. The first-order chi connectivity index (χ1) is 6.07. The number of carbonyl (C=O) groups is 1.